The number of rotatable bonds is 4. The fraction of sp³-hybridized carbons (Fsp3) is 0.357. The molecule has 1 N–H and O–H groups in total. The lowest BCUT2D eigenvalue weighted by molar-refractivity contribution is -0.121. The molecule has 3 nitrogen and oxygen atoms in total. The number of nitrogens with zero attached hydrogens (tertiary/aromatic N) is 1. The second-order valence-electron chi connectivity index (χ2n) is 4.87. The van der Waals surface area contributed by atoms with Gasteiger partial charge >= 0.3 is 0 Å². The number of amides is 1. The van der Waals surface area contributed by atoms with Gasteiger partial charge in [0.25, 0.3) is 0 Å². The van der Waals surface area contributed by atoms with Crippen molar-refractivity contribution in [2.75, 3.05) is 6.54 Å². The Hall–Kier alpha value is -1.48. The molecule has 0 unspecified atom stereocenters. The minimum Gasteiger partial charge on any atom is -0.354 e. The van der Waals surface area contributed by atoms with Crippen LogP contribution in [0.2, 0.25) is 5.02 Å². The second kappa shape index (κ2) is 4.65. The van der Waals surface area contributed by atoms with E-state index in [-0.39, 0.29) is 5.91 Å². The average molecular weight is 263 g/mol. The molecule has 1 saturated carbocycles. The third-order valence-electron chi connectivity index (χ3n) is 3.34. The van der Waals surface area contributed by atoms with Gasteiger partial charge in [0.1, 0.15) is 6.54 Å². The van der Waals surface area contributed by atoms with Crippen molar-refractivity contribution in [3.63, 3.8) is 0 Å². The van der Waals surface area contributed by atoms with Gasteiger partial charge in [-0.15, -0.1) is 0 Å². The standard InChI is InChI=1S/C14H15ClN2O/c15-12-3-1-2-11-6-7-17(14(11)12)9-13(18)16-8-10-4-5-10/h1-3,6-7,10H,4-5,8-9H2,(H,16,18). The fourth-order valence-electron chi connectivity index (χ4n) is 2.14. The summed E-state index contributed by atoms with van der Waals surface area (Å²) in [5, 5.41) is 4.72. The summed E-state index contributed by atoms with van der Waals surface area (Å²) in [5.74, 6) is 0.762. The number of benzene rings is 1. The van der Waals surface area contributed by atoms with E-state index in [4.69, 9.17) is 11.6 Å². The zero-order chi connectivity index (χ0) is 12.5. The van der Waals surface area contributed by atoms with Gasteiger partial charge in [-0.05, 0) is 30.9 Å². The molecule has 2 aromatic rings. The molecule has 3 rings (SSSR count). The maximum atomic E-state index is 11.8. The smallest absolute Gasteiger partial charge is 0.239 e. The highest BCUT2D eigenvalue weighted by Crippen LogP contribution is 2.27. The second-order valence-corrected chi connectivity index (χ2v) is 5.28. The monoisotopic (exact) mass is 262 g/mol. The zero-order valence-electron chi connectivity index (χ0n) is 10.0. The number of halogens is 1. The molecule has 1 fully saturated rings. The van der Waals surface area contributed by atoms with Crippen LogP contribution in [-0.4, -0.2) is 17.0 Å². The number of hydrogen-bond donors (Lipinski definition) is 1. The van der Waals surface area contributed by atoms with Crippen molar-refractivity contribution in [3.8, 4) is 0 Å². The number of hydrogen-bond acceptors (Lipinski definition) is 1. The molecular formula is C14H15ClN2O. The molecule has 1 heterocycles. The van der Waals surface area contributed by atoms with E-state index in [1.807, 2.05) is 35.0 Å². The highest BCUT2D eigenvalue weighted by molar-refractivity contribution is 6.35. The Morgan fingerprint density at radius 2 is 2.22 bits per heavy atom. The minimum atomic E-state index is 0.0549. The Morgan fingerprint density at radius 1 is 1.39 bits per heavy atom. The van der Waals surface area contributed by atoms with Crippen LogP contribution in [-0.2, 0) is 11.3 Å². The first kappa shape index (κ1) is 11.6. The van der Waals surface area contributed by atoms with Gasteiger partial charge in [0, 0.05) is 18.1 Å². The summed E-state index contributed by atoms with van der Waals surface area (Å²) < 4.78 is 1.90. The van der Waals surface area contributed by atoms with Gasteiger partial charge in [-0.3, -0.25) is 4.79 Å². The van der Waals surface area contributed by atoms with Crippen molar-refractivity contribution >= 4 is 28.4 Å². The maximum Gasteiger partial charge on any atom is 0.239 e. The van der Waals surface area contributed by atoms with Gasteiger partial charge in [0.05, 0.1) is 10.5 Å². The van der Waals surface area contributed by atoms with Crippen molar-refractivity contribution in [1.29, 1.82) is 0 Å². The number of aromatic nitrogens is 1. The molecule has 1 aromatic carbocycles. The summed E-state index contributed by atoms with van der Waals surface area (Å²) >= 11 is 6.17. The average Bonchev–Trinajstić information content (AvgIpc) is 3.09. The van der Waals surface area contributed by atoms with E-state index < -0.39 is 0 Å². The molecule has 1 aliphatic rings. The van der Waals surface area contributed by atoms with E-state index in [9.17, 15) is 4.79 Å². The fourth-order valence-corrected chi connectivity index (χ4v) is 2.43. The third-order valence-corrected chi connectivity index (χ3v) is 3.64. The summed E-state index contributed by atoms with van der Waals surface area (Å²) in [7, 11) is 0. The lowest BCUT2D eigenvalue weighted by Gasteiger charge is -2.07. The van der Waals surface area contributed by atoms with Crippen LogP contribution >= 0.6 is 11.6 Å². The molecule has 0 bridgehead atoms. The zero-order valence-corrected chi connectivity index (χ0v) is 10.8. The molecule has 0 radical (unpaired) electrons. The van der Waals surface area contributed by atoms with Crippen molar-refractivity contribution < 1.29 is 4.79 Å². The minimum absolute atomic E-state index is 0.0549. The van der Waals surface area contributed by atoms with Gasteiger partial charge in [-0.2, -0.15) is 0 Å². The van der Waals surface area contributed by atoms with Gasteiger partial charge in [0.15, 0.2) is 0 Å². The van der Waals surface area contributed by atoms with Gasteiger partial charge in [-0.25, -0.2) is 0 Å². The van der Waals surface area contributed by atoms with Crippen molar-refractivity contribution in [2.24, 2.45) is 5.92 Å². The largest absolute Gasteiger partial charge is 0.354 e. The highest BCUT2D eigenvalue weighted by Gasteiger charge is 2.21. The molecule has 18 heavy (non-hydrogen) atoms. The normalized spacial score (nSPS) is 14.9. The molecule has 1 aliphatic carbocycles. The summed E-state index contributed by atoms with van der Waals surface area (Å²) in [6.07, 6.45) is 4.41. The predicted molar refractivity (Wildman–Crippen MR) is 72.7 cm³/mol. The Labute approximate surface area is 111 Å². The van der Waals surface area contributed by atoms with E-state index in [0.717, 1.165) is 17.4 Å². The van der Waals surface area contributed by atoms with Crippen LogP contribution in [0.25, 0.3) is 10.9 Å². The molecule has 94 valence electrons. The molecule has 0 saturated heterocycles. The Kier molecular flexibility index (Phi) is 3.00. The highest BCUT2D eigenvalue weighted by atomic mass is 35.5. The number of carbonyl (C=O) groups is 1. The van der Waals surface area contributed by atoms with Gasteiger partial charge < -0.3 is 9.88 Å². The lowest BCUT2D eigenvalue weighted by atomic mass is 10.2. The first-order chi connectivity index (χ1) is 8.74. The van der Waals surface area contributed by atoms with Crippen LogP contribution in [0.15, 0.2) is 30.5 Å². The molecule has 0 spiro atoms. The molecule has 0 atom stereocenters. The summed E-state index contributed by atoms with van der Waals surface area (Å²) in [4.78, 5) is 11.8. The first-order valence-corrected chi connectivity index (χ1v) is 6.62. The van der Waals surface area contributed by atoms with Crippen LogP contribution < -0.4 is 5.32 Å². The molecule has 0 aliphatic heterocycles. The lowest BCUT2D eigenvalue weighted by Crippen LogP contribution is -2.29. The van der Waals surface area contributed by atoms with Crippen LogP contribution in [0.3, 0.4) is 0 Å². The van der Waals surface area contributed by atoms with Crippen LogP contribution in [0, 0.1) is 5.92 Å². The Balaban J connectivity index is 1.75. The summed E-state index contributed by atoms with van der Waals surface area (Å²) in [5.41, 5.74) is 0.931. The van der Waals surface area contributed by atoms with Crippen molar-refractivity contribution in [3.05, 3.63) is 35.5 Å². The number of carbonyl (C=O) groups excluding carboxylic acids is 1. The predicted octanol–water partition coefficient (Wildman–Crippen LogP) is 2.82. The number of para-hydroxylation sites is 1. The van der Waals surface area contributed by atoms with Crippen molar-refractivity contribution in [1.82, 2.24) is 9.88 Å². The van der Waals surface area contributed by atoms with Crippen LogP contribution in [0.4, 0.5) is 0 Å². The van der Waals surface area contributed by atoms with E-state index in [2.05, 4.69) is 5.32 Å². The summed E-state index contributed by atoms with van der Waals surface area (Å²) in [6, 6.07) is 7.75. The number of fused-ring (bicyclic) bond motifs is 1. The van der Waals surface area contributed by atoms with E-state index in [1.165, 1.54) is 12.8 Å². The Bertz CT molecular complexity index is 586. The Morgan fingerprint density at radius 3 is 3.00 bits per heavy atom. The summed E-state index contributed by atoms with van der Waals surface area (Å²) in [6.45, 7) is 1.14. The SMILES string of the molecule is O=C(Cn1ccc2cccc(Cl)c21)NCC1CC1. The molecule has 1 amide bonds. The quantitative estimate of drug-likeness (QED) is 0.903. The van der Waals surface area contributed by atoms with E-state index >= 15 is 0 Å². The van der Waals surface area contributed by atoms with Crippen molar-refractivity contribution in [2.45, 2.75) is 19.4 Å². The molecular weight excluding hydrogens is 248 g/mol. The van der Waals surface area contributed by atoms with Gasteiger partial charge in [-0.1, -0.05) is 23.7 Å². The van der Waals surface area contributed by atoms with E-state index in [1.54, 1.807) is 0 Å². The number of nitrogens with one attached hydrogen (secondary N) is 1. The topological polar surface area (TPSA) is 34.0 Å². The van der Waals surface area contributed by atoms with E-state index in [0.29, 0.717) is 17.5 Å². The van der Waals surface area contributed by atoms with Crippen LogP contribution in [0.5, 0.6) is 0 Å². The third kappa shape index (κ3) is 2.36. The van der Waals surface area contributed by atoms with Gasteiger partial charge in [0.2, 0.25) is 5.91 Å². The molecule has 4 heteroatoms. The van der Waals surface area contributed by atoms with Crippen LogP contribution in [0.1, 0.15) is 12.8 Å². The molecule has 1 aromatic heterocycles. The first-order valence-electron chi connectivity index (χ1n) is 6.24. The maximum absolute atomic E-state index is 11.8.